The van der Waals surface area contributed by atoms with E-state index < -0.39 is 0 Å². The average molecular weight is 275 g/mol. The molecule has 0 saturated carbocycles. The number of aryl methyl sites for hydroxylation is 1. The van der Waals surface area contributed by atoms with Gasteiger partial charge in [-0.05, 0) is 24.6 Å². The van der Waals surface area contributed by atoms with Gasteiger partial charge in [-0.2, -0.15) is 4.98 Å². The van der Waals surface area contributed by atoms with E-state index in [1.165, 1.54) is 23.5 Å². The topological polar surface area (TPSA) is 51.8 Å². The fraction of sp³-hybridized carbons (Fsp3) is 0.154. The molecule has 3 aromatic rings. The molecule has 0 spiro atoms. The van der Waals surface area contributed by atoms with Gasteiger partial charge in [-0.25, -0.2) is 9.37 Å². The molecular formula is C13H10FN3OS. The van der Waals surface area contributed by atoms with Gasteiger partial charge in [0.2, 0.25) is 0 Å². The second-order valence-corrected chi connectivity index (χ2v) is 4.94. The Morgan fingerprint density at radius 1 is 1.26 bits per heavy atom. The van der Waals surface area contributed by atoms with E-state index in [0.29, 0.717) is 18.1 Å². The molecule has 6 heteroatoms. The van der Waals surface area contributed by atoms with E-state index in [1.54, 1.807) is 17.6 Å². The normalized spacial score (nSPS) is 10.8. The van der Waals surface area contributed by atoms with Crippen LogP contribution >= 0.6 is 11.3 Å². The Kier molecular flexibility index (Phi) is 3.08. The predicted molar refractivity (Wildman–Crippen MR) is 69.3 cm³/mol. The number of thiazole rings is 1. The minimum Gasteiger partial charge on any atom is -0.333 e. The van der Waals surface area contributed by atoms with Crippen LogP contribution in [0.3, 0.4) is 0 Å². The summed E-state index contributed by atoms with van der Waals surface area (Å²) in [6.07, 6.45) is 0.516. The van der Waals surface area contributed by atoms with Crippen molar-refractivity contribution in [1.29, 1.82) is 0 Å². The maximum absolute atomic E-state index is 12.8. The molecule has 96 valence electrons. The van der Waals surface area contributed by atoms with E-state index in [2.05, 4.69) is 15.1 Å². The lowest BCUT2D eigenvalue weighted by molar-refractivity contribution is 0.424. The third-order valence-corrected chi connectivity index (χ3v) is 3.60. The van der Waals surface area contributed by atoms with Gasteiger partial charge in [0, 0.05) is 6.42 Å². The standard InChI is InChI=1S/C13H10FN3OS/c1-8-12(19-7-15-8)13-16-11(17-18-13)6-9-2-4-10(14)5-3-9/h2-5,7H,6H2,1H3. The van der Waals surface area contributed by atoms with E-state index in [4.69, 9.17) is 4.52 Å². The summed E-state index contributed by atoms with van der Waals surface area (Å²) in [5.74, 6) is 0.810. The molecule has 3 rings (SSSR count). The molecule has 0 unspecified atom stereocenters. The van der Waals surface area contributed by atoms with Crippen molar-refractivity contribution >= 4 is 11.3 Å². The van der Waals surface area contributed by atoms with Gasteiger partial charge in [-0.15, -0.1) is 11.3 Å². The lowest BCUT2D eigenvalue weighted by Crippen LogP contribution is -1.91. The van der Waals surface area contributed by atoms with Crippen LogP contribution in [0.25, 0.3) is 10.8 Å². The van der Waals surface area contributed by atoms with Crippen LogP contribution in [0.5, 0.6) is 0 Å². The first-order chi connectivity index (χ1) is 9.22. The molecule has 0 radical (unpaired) electrons. The van der Waals surface area contributed by atoms with Crippen LogP contribution in [-0.4, -0.2) is 15.1 Å². The van der Waals surface area contributed by atoms with Crippen LogP contribution in [0, 0.1) is 12.7 Å². The molecule has 0 aliphatic rings. The number of halogens is 1. The summed E-state index contributed by atoms with van der Waals surface area (Å²) in [6.45, 7) is 1.90. The smallest absolute Gasteiger partial charge is 0.269 e. The van der Waals surface area contributed by atoms with Crippen LogP contribution in [0.15, 0.2) is 34.3 Å². The van der Waals surface area contributed by atoms with Gasteiger partial charge < -0.3 is 4.52 Å². The highest BCUT2D eigenvalue weighted by atomic mass is 32.1. The molecule has 0 aliphatic carbocycles. The molecule has 1 aromatic carbocycles. The molecule has 19 heavy (non-hydrogen) atoms. The number of hydrogen-bond donors (Lipinski definition) is 0. The third kappa shape index (κ3) is 2.53. The summed E-state index contributed by atoms with van der Waals surface area (Å²) in [6, 6.07) is 6.26. The van der Waals surface area contributed by atoms with Crippen molar-refractivity contribution in [3.63, 3.8) is 0 Å². The molecule has 0 bridgehead atoms. The summed E-state index contributed by atoms with van der Waals surface area (Å²) in [5.41, 5.74) is 3.56. The fourth-order valence-electron chi connectivity index (χ4n) is 1.71. The second kappa shape index (κ2) is 4.89. The third-order valence-electron chi connectivity index (χ3n) is 2.68. The van der Waals surface area contributed by atoms with Gasteiger partial charge >= 0.3 is 0 Å². The zero-order valence-electron chi connectivity index (χ0n) is 10.1. The lowest BCUT2D eigenvalue weighted by atomic mass is 10.1. The fourth-order valence-corrected chi connectivity index (χ4v) is 2.43. The predicted octanol–water partition coefficient (Wildman–Crippen LogP) is 3.23. The number of aromatic nitrogens is 3. The average Bonchev–Trinajstić information content (AvgIpc) is 3.01. The van der Waals surface area contributed by atoms with E-state index in [9.17, 15) is 4.39 Å². The Bertz CT molecular complexity index is 690. The summed E-state index contributed by atoms with van der Waals surface area (Å²) >= 11 is 1.47. The van der Waals surface area contributed by atoms with Crippen molar-refractivity contribution in [2.75, 3.05) is 0 Å². The Morgan fingerprint density at radius 2 is 2.05 bits per heavy atom. The Hall–Kier alpha value is -2.08. The highest BCUT2D eigenvalue weighted by Crippen LogP contribution is 2.25. The number of nitrogens with zero attached hydrogens (tertiary/aromatic N) is 3. The summed E-state index contributed by atoms with van der Waals surface area (Å²) < 4.78 is 18.0. The molecule has 2 heterocycles. The second-order valence-electron chi connectivity index (χ2n) is 4.09. The Morgan fingerprint density at radius 3 is 2.74 bits per heavy atom. The van der Waals surface area contributed by atoms with Gasteiger partial charge in [0.25, 0.3) is 5.89 Å². The number of benzene rings is 1. The molecule has 0 atom stereocenters. The highest BCUT2D eigenvalue weighted by molar-refractivity contribution is 7.13. The monoisotopic (exact) mass is 275 g/mol. The van der Waals surface area contributed by atoms with Gasteiger partial charge in [-0.3, -0.25) is 0 Å². The molecular weight excluding hydrogens is 265 g/mol. The van der Waals surface area contributed by atoms with Gasteiger partial charge in [0.1, 0.15) is 10.7 Å². The van der Waals surface area contributed by atoms with Crippen molar-refractivity contribution in [2.45, 2.75) is 13.3 Å². The molecule has 2 aromatic heterocycles. The van der Waals surface area contributed by atoms with Gasteiger partial charge in [-0.1, -0.05) is 17.3 Å². The van der Waals surface area contributed by atoms with E-state index >= 15 is 0 Å². The molecule has 0 amide bonds. The Balaban J connectivity index is 1.82. The van der Waals surface area contributed by atoms with E-state index in [-0.39, 0.29) is 5.82 Å². The highest BCUT2D eigenvalue weighted by Gasteiger charge is 2.13. The van der Waals surface area contributed by atoms with Crippen LogP contribution in [0.2, 0.25) is 0 Å². The van der Waals surface area contributed by atoms with Crippen molar-refractivity contribution in [2.24, 2.45) is 0 Å². The van der Waals surface area contributed by atoms with Crippen molar-refractivity contribution in [1.82, 2.24) is 15.1 Å². The largest absolute Gasteiger partial charge is 0.333 e. The minimum atomic E-state index is -0.252. The van der Waals surface area contributed by atoms with Gasteiger partial charge in [0.05, 0.1) is 11.2 Å². The SMILES string of the molecule is Cc1ncsc1-c1nc(Cc2ccc(F)cc2)no1. The number of hydrogen-bond acceptors (Lipinski definition) is 5. The first-order valence-electron chi connectivity index (χ1n) is 5.70. The zero-order valence-corrected chi connectivity index (χ0v) is 10.9. The molecule has 0 N–H and O–H groups in total. The van der Waals surface area contributed by atoms with Crippen molar-refractivity contribution in [3.05, 3.63) is 52.7 Å². The van der Waals surface area contributed by atoms with E-state index in [1.807, 2.05) is 6.92 Å². The van der Waals surface area contributed by atoms with Crippen LogP contribution in [0.1, 0.15) is 17.1 Å². The maximum Gasteiger partial charge on any atom is 0.269 e. The summed E-state index contributed by atoms with van der Waals surface area (Å²) in [7, 11) is 0. The number of rotatable bonds is 3. The maximum atomic E-state index is 12.8. The van der Waals surface area contributed by atoms with Crippen molar-refractivity contribution < 1.29 is 8.91 Å². The first kappa shape index (κ1) is 12.0. The quantitative estimate of drug-likeness (QED) is 0.736. The molecule has 4 nitrogen and oxygen atoms in total. The molecule has 0 saturated heterocycles. The zero-order chi connectivity index (χ0) is 13.2. The van der Waals surface area contributed by atoms with Gasteiger partial charge in [0.15, 0.2) is 5.82 Å². The van der Waals surface area contributed by atoms with Crippen LogP contribution in [0.4, 0.5) is 4.39 Å². The van der Waals surface area contributed by atoms with Crippen LogP contribution in [-0.2, 0) is 6.42 Å². The summed E-state index contributed by atoms with van der Waals surface area (Å²) in [5, 5.41) is 3.93. The van der Waals surface area contributed by atoms with E-state index in [0.717, 1.165) is 16.1 Å². The first-order valence-corrected chi connectivity index (χ1v) is 6.58. The van der Waals surface area contributed by atoms with Crippen molar-refractivity contribution in [3.8, 4) is 10.8 Å². The van der Waals surface area contributed by atoms with Crippen LogP contribution < -0.4 is 0 Å². The Labute approximate surface area is 112 Å². The molecule has 0 fully saturated rings. The summed E-state index contributed by atoms with van der Waals surface area (Å²) in [4.78, 5) is 9.36. The lowest BCUT2D eigenvalue weighted by Gasteiger charge is -1.95. The minimum absolute atomic E-state index is 0.252. The molecule has 0 aliphatic heterocycles.